The molecule has 2 N–H and O–H groups in total. The standard InChI is InChI=1S/C20H21N5O/c1-14-10-19(24-25(14)13-18-4-2-3-8-22-18)23-20(26)16-5-6-17-12-21-9-7-15(17)11-16/h2-6,8,10-11,21H,7,9,12-13H2,1H3,(H,23,24,26). The van der Waals surface area contributed by atoms with Gasteiger partial charge in [-0.15, -0.1) is 0 Å². The number of rotatable bonds is 4. The second kappa shape index (κ2) is 7.09. The van der Waals surface area contributed by atoms with E-state index in [0.717, 1.165) is 30.9 Å². The smallest absolute Gasteiger partial charge is 0.256 e. The van der Waals surface area contributed by atoms with Crippen molar-refractivity contribution in [2.24, 2.45) is 0 Å². The van der Waals surface area contributed by atoms with Gasteiger partial charge in [-0.25, -0.2) is 0 Å². The number of amides is 1. The summed E-state index contributed by atoms with van der Waals surface area (Å²) in [4.78, 5) is 16.9. The van der Waals surface area contributed by atoms with Crippen molar-refractivity contribution in [3.63, 3.8) is 0 Å². The number of carbonyl (C=O) groups is 1. The summed E-state index contributed by atoms with van der Waals surface area (Å²) >= 11 is 0. The minimum Gasteiger partial charge on any atom is -0.312 e. The fourth-order valence-corrected chi connectivity index (χ4v) is 3.18. The molecular weight excluding hydrogens is 326 g/mol. The van der Waals surface area contributed by atoms with Crippen molar-refractivity contribution in [1.29, 1.82) is 0 Å². The van der Waals surface area contributed by atoms with Gasteiger partial charge in [0, 0.05) is 30.1 Å². The lowest BCUT2D eigenvalue weighted by atomic mass is 9.98. The highest BCUT2D eigenvalue weighted by molar-refractivity contribution is 6.03. The summed E-state index contributed by atoms with van der Waals surface area (Å²) in [5, 5.41) is 10.7. The highest BCUT2D eigenvalue weighted by Crippen LogP contribution is 2.17. The van der Waals surface area contributed by atoms with Crippen molar-refractivity contribution < 1.29 is 4.79 Å². The molecule has 0 radical (unpaired) electrons. The third kappa shape index (κ3) is 3.50. The molecule has 2 aromatic heterocycles. The van der Waals surface area contributed by atoms with E-state index in [1.165, 1.54) is 11.1 Å². The van der Waals surface area contributed by atoms with Gasteiger partial charge in [0.2, 0.25) is 0 Å². The number of hydrogen-bond acceptors (Lipinski definition) is 4. The summed E-state index contributed by atoms with van der Waals surface area (Å²) in [6.07, 6.45) is 2.72. The van der Waals surface area contributed by atoms with Crippen LogP contribution in [0.15, 0.2) is 48.7 Å². The Balaban J connectivity index is 1.49. The highest BCUT2D eigenvalue weighted by Gasteiger charge is 2.14. The lowest BCUT2D eigenvalue weighted by Gasteiger charge is -2.17. The van der Waals surface area contributed by atoms with Crippen molar-refractivity contribution >= 4 is 11.7 Å². The first-order valence-electron chi connectivity index (χ1n) is 8.77. The van der Waals surface area contributed by atoms with Crippen molar-refractivity contribution in [1.82, 2.24) is 20.1 Å². The first-order valence-corrected chi connectivity index (χ1v) is 8.77. The van der Waals surface area contributed by atoms with Gasteiger partial charge >= 0.3 is 0 Å². The minimum atomic E-state index is -0.131. The fourth-order valence-electron chi connectivity index (χ4n) is 3.18. The van der Waals surface area contributed by atoms with E-state index in [2.05, 4.69) is 20.7 Å². The average Bonchev–Trinajstić information content (AvgIpc) is 3.01. The monoisotopic (exact) mass is 347 g/mol. The van der Waals surface area contributed by atoms with Gasteiger partial charge in [-0.2, -0.15) is 5.10 Å². The maximum atomic E-state index is 12.6. The van der Waals surface area contributed by atoms with Gasteiger partial charge in [-0.1, -0.05) is 12.1 Å². The number of pyridine rings is 1. The zero-order valence-corrected chi connectivity index (χ0v) is 14.7. The molecule has 1 aliphatic rings. The molecule has 1 aliphatic heterocycles. The molecule has 6 heteroatoms. The molecule has 26 heavy (non-hydrogen) atoms. The van der Waals surface area contributed by atoms with Crippen LogP contribution in [0.1, 0.15) is 32.9 Å². The van der Waals surface area contributed by atoms with Crippen LogP contribution in [0.5, 0.6) is 0 Å². The second-order valence-corrected chi connectivity index (χ2v) is 6.51. The topological polar surface area (TPSA) is 71.8 Å². The summed E-state index contributed by atoms with van der Waals surface area (Å²) in [6, 6.07) is 13.6. The Kier molecular flexibility index (Phi) is 4.50. The van der Waals surface area contributed by atoms with Crippen LogP contribution in [0.3, 0.4) is 0 Å². The maximum absolute atomic E-state index is 12.6. The molecule has 1 amide bonds. The van der Waals surface area contributed by atoms with Gasteiger partial charge in [-0.05, 0) is 55.3 Å². The zero-order chi connectivity index (χ0) is 17.9. The lowest BCUT2D eigenvalue weighted by molar-refractivity contribution is 0.102. The Morgan fingerprint density at radius 2 is 2.15 bits per heavy atom. The number of aromatic nitrogens is 3. The quantitative estimate of drug-likeness (QED) is 0.761. The summed E-state index contributed by atoms with van der Waals surface area (Å²) in [6.45, 7) is 4.37. The Labute approximate surface area is 152 Å². The summed E-state index contributed by atoms with van der Waals surface area (Å²) in [7, 11) is 0. The van der Waals surface area contributed by atoms with E-state index in [1.807, 2.05) is 54.1 Å². The average molecular weight is 347 g/mol. The van der Waals surface area contributed by atoms with Crippen LogP contribution in [-0.4, -0.2) is 27.2 Å². The normalized spacial score (nSPS) is 13.3. The third-order valence-corrected chi connectivity index (χ3v) is 4.62. The van der Waals surface area contributed by atoms with Crippen molar-refractivity contribution in [2.45, 2.75) is 26.4 Å². The zero-order valence-electron chi connectivity index (χ0n) is 14.7. The molecule has 0 saturated carbocycles. The predicted molar refractivity (Wildman–Crippen MR) is 100 cm³/mol. The number of fused-ring (bicyclic) bond motifs is 1. The fraction of sp³-hybridized carbons (Fsp3) is 0.250. The number of hydrogen-bond donors (Lipinski definition) is 2. The number of anilines is 1. The van der Waals surface area contributed by atoms with Gasteiger partial charge < -0.3 is 10.6 Å². The van der Waals surface area contributed by atoms with E-state index in [-0.39, 0.29) is 5.91 Å². The Bertz CT molecular complexity index is 933. The van der Waals surface area contributed by atoms with Gasteiger partial charge in [0.1, 0.15) is 0 Å². The van der Waals surface area contributed by atoms with E-state index in [4.69, 9.17) is 0 Å². The molecule has 6 nitrogen and oxygen atoms in total. The third-order valence-electron chi connectivity index (χ3n) is 4.62. The molecule has 132 valence electrons. The highest BCUT2D eigenvalue weighted by atomic mass is 16.1. The molecule has 0 saturated heterocycles. The SMILES string of the molecule is Cc1cc(NC(=O)c2ccc3c(c2)CCNC3)nn1Cc1ccccn1. The largest absolute Gasteiger partial charge is 0.312 e. The molecule has 3 heterocycles. The van der Waals surface area contributed by atoms with Crippen LogP contribution in [0.2, 0.25) is 0 Å². The molecule has 0 aliphatic carbocycles. The molecular formula is C20H21N5O. The van der Waals surface area contributed by atoms with E-state index in [1.54, 1.807) is 6.20 Å². The first-order chi connectivity index (χ1) is 12.7. The van der Waals surface area contributed by atoms with Crippen molar-refractivity contribution in [3.8, 4) is 0 Å². The van der Waals surface area contributed by atoms with Crippen LogP contribution in [0.25, 0.3) is 0 Å². The number of nitrogens with zero attached hydrogens (tertiary/aromatic N) is 3. The van der Waals surface area contributed by atoms with Crippen LogP contribution in [-0.2, 0) is 19.5 Å². The van der Waals surface area contributed by atoms with Gasteiger partial charge in [0.15, 0.2) is 5.82 Å². The molecule has 4 rings (SSSR count). The van der Waals surface area contributed by atoms with Crippen LogP contribution >= 0.6 is 0 Å². The number of benzene rings is 1. The summed E-state index contributed by atoms with van der Waals surface area (Å²) < 4.78 is 1.84. The van der Waals surface area contributed by atoms with E-state index in [0.29, 0.717) is 17.9 Å². The predicted octanol–water partition coefficient (Wildman–Crippen LogP) is 2.53. The van der Waals surface area contributed by atoms with Crippen LogP contribution in [0, 0.1) is 6.92 Å². The van der Waals surface area contributed by atoms with Gasteiger partial charge in [-0.3, -0.25) is 14.5 Å². The van der Waals surface area contributed by atoms with E-state index in [9.17, 15) is 4.79 Å². The molecule has 0 fully saturated rings. The molecule has 1 aromatic carbocycles. The molecule has 0 atom stereocenters. The van der Waals surface area contributed by atoms with Crippen molar-refractivity contribution in [3.05, 3.63) is 76.7 Å². The minimum absolute atomic E-state index is 0.131. The number of aryl methyl sites for hydroxylation is 1. The number of nitrogens with one attached hydrogen (secondary N) is 2. The Morgan fingerprint density at radius 1 is 1.23 bits per heavy atom. The van der Waals surface area contributed by atoms with Gasteiger partial charge in [0.05, 0.1) is 12.2 Å². The van der Waals surface area contributed by atoms with E-state index < -0.39 is 0 Å². The van der Waals surface area contributed by atoms with Crippen molar-refractivity contribution in [2.75, 3.05) is 11.9 Å². The molecule has 3 aromatic rings. The van der Waals surface area contributed by atoms with Gasteiger partial charge in [0.25, 0.3) is 5.91 Å². The van der Waals surface area contributed by atoms with Crippen LogP contribution < -0.4 is 10.6 Å². The molecule has 0 spiro atoms. The van der Waals surface area contributed by atoms with E-state index >= 15 is 0 Å². The van der Waals surface area contributed by atoms with Crippen LogP contribution in [0.4, 0.5) is 5.82 Å². The Hall–Kier alpha value is -2.99. The molecule has 0 bridgehead atoms. The summed E-state index contributed by atoms with van der Waals surface area (Å²) in [5.41, 5.74) is 5.08. The second-order valence-electron chi connectivity index (χ2n) is 6.51. The lowest BCUT2D eigenvalue weighted by Crippen LogP contribution is -2.24. The molecule has 0 unspecified atom stereocenters. The Morgan fingerprint density at radius 3 is 3.00 bits per heavy atom. The number of carbonyl (C=O) groups excluding carboxylic acids is 1. The summed E-state index contributed by atoms with van der Waals surface area (Å²) in [5.74, 6) is 0.427. The first kappa shape index (κ1) is 16.5. The maximum Gasteiger partial charge on any atom is 0.256 e.